The van der Waals surface area contributed by atoms with Crippen LogP contribution in [-0.4, -0.2) is 38.2 Å². The maximum absolute atomic E-state index is 11.6. The van der Waals surface area contributed by atoms with Crippen LogP contribution >= 0.6 is 0 Å². The van der Waals surface area contributed by atoms with Gasteiger partial charge >= 0.3 is 5.97 Å². The number of benzene rings is 1. The maximum atomic E-state index is 11.6. The second kappa shape index (κ2) is 5.82. The first-order chi connectivity index (χ1) is 9.99. The number of carbonyl (C=O) groups is 2. The first kappa shape index (κ1) is 14.2. The molecule has 1 aromatic heterocycles. The molecule has 0 radical (unpaired) electrons. The predicted octanol–water partition coefficient (Wildman–Crippen LogP) is 0.595. The van der Waals surface area contributed by atoms with E-state index in [2.05, 4.69) is 10.4 Å². The molecular formula is C12H10N4O5. The van der Waals surface area contributed by atoms with E-state index >= 15 is 0 Å². The summed E-state index contributed by atoms with van der Waals surface area (Å²) in [6, 6.07) is 7.28. The van der Waals surface area contributed by atoms with Crippen molar-refractivity contribution in [1.82, 2.24) is 15.1 Å². The molecule has 0 unspecified atom stereocenters. The third-order valence-corrected chi connectivity index (χ3v) is 2.55. The van der Waals surface area contributed by atoms with Gasteiger partial charge in [-0.25, -0.2) is 4.68 Å². The number of hydrogen-bond donors (Lipinski definition) is 2. The molecule has 0 aliphatic carbocycles. The van der Waals surface area contributed by atoms with Crippen LogP contribution in [0, 0.1) is 10.1 Å². The number of nitrogens with one attached hydrogen (secondary N) is 1. The van der Waals surface area contributed by atoms with E-state index in [1.165, 1.54) is 35.1 Å². The lowest BCUT2D eigenvalue weighted by molar-refractivity contribution is -0.384. The summed E-state index contributed by atoms with van der Waals surface area (Å²) in [7, 11) is 0. The average Bonchev–Trinajstić information content (AvgIpc) is 2.94. The van der Waals surface area contributed by atoms with Gasteiger partial charge in [0.1, 0.15) is 12.2 Å². The number of nitro benzene ring substituents is 1. The van der Waals surface area contributed by atoms with Gasteiger partial charge in [-0.2, -0.15) is 5.10 Å². The summed E-state index contributed by atoms with van der Waals surface area (Å²) in [6.07, 6.45) is 1.39. The highest BCUT2D eigenvalue weighted by molar-refractivity contribution is 5.94. The molecule has 108 valence electrons. The number of nitrogens with zero attached hydrogens (tertiary/aromatic N) is 3. The molecule has 21 heavy (non-hydrogen) atoms. The minimum absolute atomic E-state index is 0.0330. The zero-order chi connectivity index (χ0) is 15.4. The normalized spacial score (nSPS) is 10.1. The Kier molecular flexibility index (Phi) is 3.93. The van der Waals surface area contributed by atoms with E-state index in [4.69, 9.17) is 5.11 Å². The van der Waals surface area contributed by atoms with Crippen molar-refractivity contribution in [3.63, 3.8) is 0 Å². The van der Waals surface area contributed by atoms with Crippen molar-refractivity contribution < 1.29 is 19.6 Å². The van der Waals surface area contributed by atoms with Gasteiger partial charge in [-0.1, -0.05) is 12.1 Å². The van der Waals surface area contributed by atoms with E-state index in [0.29, 0.717) is 0 Å². The van der Waals surface area contributed by atoms with Gasteiger partial charge in [-0.3, -0.25) is 19.7 Å². The fraction of sp³-hybridized carbons (Fsp3) is 0.0833. The summed E-state index contributed by atoms with van der Waals surface area (Å²) in [4.78, 5) is 32.4. The van der Waals surface area contributed by atoms with Crippen LogP contribution in [0.4, 0.5) is 5.69 Å². The molecule has 9 heteroatoms. The van der Waals surface area contributed by atoms with Gasteiger partial charge in [0, 0.05) is 12.3 Å². The predicted molar refractivity (Wildman–Crippen MR) is 70.2 cm³/mol. The Bertz CT molecular complexity index is 709. The van der Waals surface area contributed by atoms with Gasteiger partial charge in [0.2, 0.25) is 0 Å². The second-order valence-corrected chi connectivity index (χ2v) is 3.97. The van der Waals surface area contributed by atoms with Crippen molar-refractivity contribution in [2.75, 3.05) is 6.54 Å². The van der Waals surface area contributed by atoms with Crippen LogP contribution in [0.5, 0.6) is 0 Å². The average molecular weight is 290 g/mol. The zero-order valence-corrected chi connectivity index (χ0v) is 10.6. The molecule has 9 nitrogen and oxygen atoms in total. The van der Waals surface area contributed by atoms with Gasteiger partial charge < -0.3 is 10.4 Å². The number of aliphatic carboxylic acids is 1. The number of aromatic nitrogens is 2. The summed E-state index contributed by atoms with van der Waals surface area (Å²) in [5.41, 5.74) is 0.0206. The summed E-state index contributed by atoms with van der Waals surface area (Å²) in [5, 5.41) is 25.5. The topological polar surface area (TPSA) is 127 Å². The molecule has 0 atom stereocenters. The Balaban J connectivity index is 2.26. The van der Waals surface area contributed by atoms with Crippen LogP contribution in [0.2, 0.25) is 0 Å². The van der Waals surface area contributed by atoms with Crippen molar-refractivity contribution in [2.24, 2.45) is 0 Å². The highest BCUT2D eigenvalue weighted by Crippen LogP contribution is 2.21. The number of rotatable bonds is 5. The quantitative estimate of drug-likeness (QED) is 0.613. The molecule has 2 rings (SSSR count). The smallest absolute Gasteiger partial charge is 0.322 e. The number of hydrogen-bond acceptors (Lipinski definition) is 5. The van der Waals surface area contributed by atoms with Crippen LogP contribution in [0.15, 0.2) is 36.5 Å². The van der Waals surface area contributed by atoms with Crippen LogP contribution in [0.3, 0.4) is 0 Å². The number of carboxylic acid groups (broad SMARTS) is 1. The molecular weight excluding hydrogens is 280 g/mol. The van der Waals surface area contributed by atoms with E-state index in [1.54, 1.807) is 6.07 Å². The van der Waals surface area contributed by atoms with E-state index in [1.807, 2.05) is 0 Å². The van der Waals surface area contributed by atoms with Gasteiger partial charge in [0.05, 0.1) is 4.92 Å². The Morgan fingerprint density at radius 1 is 1.33 bits per heavy atom. The number of carbonyl (C=O) groups excluding carboxylic acids is 1. The Labute approximate surface area is 118 Å². The Morgan fingerprint density at radius 2 is 2.05 bits per heavy atom. The van der Waals surface area contributed by atoms with Crippen molar-refractivity contribution in [1.29, 1.82) is 0 Å². The Hall–Kier alpha value is -3.23. The molecule has 2 aromatic rings. The fourth-order valence-corrected chi connectivity index (χ4v) is 1.64. The van der Waals surface area contributed by atoms with Crippen molar-refractivity contribution in [2.45, 2.75) is 0 Å². The van der Waals surface area contributed by atoms with Crippen molar-refractivity contribution >= 4 is 17.6 Å². The van der Waals surface area contributed by atoms with Gasteiger partial charge in [0.25, 0.3) is 11.6 Å². The molecule has 0 fully saturated rings. The van der Waals surface area contributed by atoms with Crippen LogP contribution < -0.4 is 5.32 Å². The number of carboxylic acids is 1. The summed E-state index contributed by atoms with van der Waals surface area (Å²) < 4.78 is 1.19. The molecule has 1 amide bonds. The lowest BCUT2D eigenvalue weighted by Gasteiger charge is -2.02. The molecule has 0 saturated heterocycles. The highest BCUT2D eigenvalue weighted by Gasteiger charge is 2.17. The second-order valence-electron chi connectivity index (χ2n) is 3.97. The van der Waals surface area contributed by atoms with Gasteiger partial charge in [-0.05, 0) is 12.1 Å². The molecule has 0 spiro atoms. The molecule has 0 saturated carbocycles. The minimum Gasteiger partial charge on any atom is -0.480 e. The molecule has 1 heterocycles. The third-order valence-electron chi connectivity index (χ3n) is 2.55. The minimum atomic E-state index is -1.18. The van der Waals surface area contributed by atoms with E-state index in [9.17, 15) is 19.7 Å². The van der Waals surface area contributed by atoms with E-state index < -0.39 is 23.3 Å². The zero-order valence-electron chi connectivity index (χ0n) is 10.6. The molecule has 1 aromatic carbocycles. The maximum Gasteiger partial charge on any atom is 0.322 e. The Morgan fingerprint density at radius 3 is 2.71 bits per heavy atom. The fourth-order valence-electron chi connectivity index (χ4n) is 1.64. The van der Waals surface area contributed by atoms with E-state index in [-0.39, 0.29) is 17.1 Å². The number of para-hydroxylation sites is 2. The molecule has 0 aliphatic rings. The molecule has 0 aliphatic heterocycles. The third kappa shape index (κ3) is 3.21. The highest BCUT2D eigenvalue weighted by atomic mass is 16.6. The van der Waals surface area contributed by atoms with Crippen LogP contribution in [0.1, 0.15) is 10.5 Å². The summed E-state index contributed by atoms with van der Waals surface area (Å²) in [5.74, 6) is -1.85. The van der Waals surface area contributed by atoms with Crippen molar-refractivity contribution in [3.8, 4) is 5.69 Å². The monoisotopic (exact) mass is 290 g/mol. The SMILES string of the molecule is O=C(O)CNC(=O)c1ccn(-c2ccccc2[N+](=O)[O-])n1. The van der Waals surface area contributed by atoms with Crippen molar-refractivity contribution in [3.05, 3.63) is 52.3 Å². The number of nitro groups is 1. The summed E-state index contributed by atoms with van der Waals surface area (Å²) in [6.45, 7) is -0.531. The lowest BCUT2D eigenvalue weighted by atomic mass is 10.3. The largest absolute Gasteiger partial charge is 0.480 e. The van der Waals surface area contributed by atoms with Crippen LogP contribution in [0.25, 0.3) is 5.69 Å². The molecule has 2 N–H and O–H groups in total. The number of amides is 1. The first-order valence-electron chi connectivity index (χ1n) is 5.78. The van der Waals surface area contributed by atoms with Gasteiger partial charge in [-0.15, -0.1) is 0 Å². The van der Waals surface area contributed by atoms with Gasteiger partial charge in [0.15, 0.2) is 5.69 Å². The van der Waals surface area contributed by atoms with Crippen LogP contribution in [-0.2, 0) is 4.79 Å². The first-order valence-corrected chi connectivity index (χ1v) is 5.78. The lowest BCUT2D eigenvalue weighted by Crippen LogP contribution is -2.29. The van der Waals surface area contributed by atoms with E-state index in [0.717, 1.165) is 0 Å². The summed E-state index contributed by atoms with van der Waals surface area (Å²) >= 11 is 0. The molecule has 0 bridgehead atoms. The standard InChI is InChI=1S/C12H10N4O5/c17-11(18)7-13-12(19)8-5-6-15(14-8)9-3-1-2-4-10(9)16(20)21/h1-6H,7H2,(H,13,19)(H,17,18).